The Morgan fingerprint density at radius 2 is 1.50 bits per heavy atom. The van der Waals surface area contributed by atoms with Crippen molar-refractivity contribution in [2.24, 2.45) is 11.3 Å². The van der Waals surface area contributed by atoms with Crippen molar-refractivity contribution in [1.82, 2.24) is 0 Å². The molecule has 0 spiro atoms. The SMILES string of the molecule is C=C(C)C(C)C(C)(C)C.CCC. The molecule has 74 valence electrons. The average molecular weight is 170 g/mol. The lowest BCUT2D eigenvalue weighted by molar-refractivity contribution is 0.301. The van der Waals surface area contributed by atoms with Crippen LogP contribution in [0.1, 0.15) is 54.9 Å². The highest BCUT2D eigenvalue weighted by Gasteiger charge is 2.19. The fraction of sp³-hybridized carbons (Fsp3) is 0.833. The molecule has 0 aliphatic rings. The van der Waals surface area contributed by atoms with E-state index in [-0.39, 0.29) is 0 Å². The summed E-state index contributed by atoms with van der Waals surface area (Å²) < 4.78 is 0. The molecule has 0 aliphatic heterocycles. The highest BCUT2D eigenvalue weighted by Crippen LogP contribution is 2.29. The quantitative estimate of drug-likeness (QED) is 0.502. The van der Waals surface area contributed by atoms with Crippen molar-refractivity contribution in [3.05, 3.63) is 12.2 Å². The number of rotatable bonds is 1. The van der Waals surface area contributed by atoms with E-state index in [1.165, 1.54) is 12.0 Å². The predicted octanol–water partition coefficient (Wildman–Crippen LogP) is 4.66. The maximum Gasteiger partial charge on any atom is -0.0188 e. The normalized spacial score (nSPS) is 12.9. The van der Waals surface area contributed by atoms with E-state index in [4.69, 9.17) is 0 Å². The fourth-order valence-corrected chi connectivity index (χ4v) is 0.739. The first kappa shape index (κ1) is 14.3. The zero-order chi connectivity index (χ0) is 10.4. The minimum absolute atomic E-state index is 0.381. The molecule has 0 radical (unpaired) electrons. The molecule has 0 rings (SSSR count). The zero-order valence-corrected chi connectivity index (χ0v) is 9.99. The van der Waals surface area contributed by atoms with Gasteiger partial charge in [-0.3, -0.25) is 0 Å². The van der Waals surface area contributed by atoms with Crippen LogP contribution in [-0.4, -0.2) is 0 Å². The van der Waals surface area contributed by atoms with Gasteiger partial charge in [0.15, 0.2) is 0 Å². The van der Waals surface area contributed by atoms with Gasteiger partial charge in [-0.2, -0.15) is 0 Å². The van der Waals surface area contributed by atoms with Crippen molar-refractivity contribution in [1.29, 1.82) is 0 Å². The van der Waals surface area contributed by atoms with Gasteiger partial charge in [-0.25, -0.2) is 0 Å². The molecule has 0 aromatic carbocycles. The summed E-state index contributed by atoms with van der Waals surface area (Å²) in [6.07, 6.45) is 1.25. The molecule has 0 amide bonds. The standard InChI is InChI=1S/C9H18.C3H8/c1-7(2)8(3)9(4,5)6;1-3-2/h8H,1H2,2-6H3;3H2,1-2H3. The second-order valence-electron chi connectivity index (χ2n) is 4.64. The summed E-state index contributed by atoms with van der Waals surface area (Å²) in [5, 5.41) is 0. The van der Waals surface area contributed by atoms with Crippen molar-refractivity contribution in [3.8, 4) is 0 Å². The summed E-state index contributed by atoms with van der Waals surface area (Å²) in [6, 6.07) is 0. The molecule has 0 heterocycles. The molecule has 0 aliphatic carbocycles. The van der Waals surface area contributed by atoms with Crippen LogP contribution in [0.4, 0.5) is 0 Å². The Labute approximate surface area is 79.1 Å². The molecule has 12 heavy (non-hydrogen) atoms. The Morgan fingerprint density at radius 3 is 1.50 bits per heavy atom. The molecular formula is C12H26. The molecule has 0 aromatic rings. The van der Waals surface area contributed by atoms with Crippen molar-refractivity contribution >= 4 is 0 Å². The maximum atomic E-state index is 3.92. The van der Waals surface area contributed by atoms with Crippen LogP contribution in [0.5, 0.6) is 0 Å². The molecule has 0 aromatic heterocycles. The van der Waals surface area contributed by atoms with Crippen LogP contribution in [-0.2, 0) is 0 Å². The summed E-state index contributed by atoms with van der Waals surface area (Å²) in [7, 11) is 0. The Balaban J connectivity index is 0. The lowest BCUT2D eigenvalue weighted by Crippen LogP contribution is -2.17. The van der Waals surface area contributed by atoms with Gasteiger partial charge in [-0.15, -0.1) is 0 Å². The first-order chi connectivity index (χ1) is 5.27. The van der Waals surface area contributed by atoms with Gasteiger partial charge in [-0.1, -0.05) is 60.1 Å². The molecule has 0 bridgehead atoms. The van der Waals surface area contributed by atoms with E-state index in [1.54, 1.807) is 0 Å². The molecule has 0 saturated heterocycles. The summed E-state index contributed by atoms with van der Waals surface area (Å²) >= 11 is 0. The van der Waals surface area contributed by atoms with Gasteiger partial charge in [0.05, 0.1) is 0 Å². The topological polar surface area (TPSA) is 0 Å². The van der Waals surface area contributed by atoms with Crippen molar-refractivity contribution in [2.45, 2.75) is 54.9 Å². The van der Waals surface area contributed by atoms with Gasteiger partial charge in [-0.05, 0) is 18.3 Å². The van der Waals surface area contributed by atoms with Crippen LogP contribution < -0.4 is 0 Å². The van der Waals surface area contributed by atoms with Gasteiger partial charge >= 0.3 is 0 Å². The lowest BCUT2D eigenvalue weighted by atomic mass is 9.78. The molecule has 0 fully saturated rings. The lowest BCUT2D eigenvalue weighted by Gasteiger charge is -2.27. The molecule has 1 atom stereocenters. The van der Waals surface area contributed by atoms with Crippen LogP contribution >= 0.6 is 0 Å². The minimum Gasteiger partial charge on any atom is -0.0999 e. The summed E-state index contributed by atoms with van der Waals surface area (Å²) in [6.45, 7) is 19.2. The van der Waals surface area contributed by atoms with Crippen molar-refractivity contribution in [2.75, 3.05) is 0 Å². The first-order valence-corrected chi connectivity index (χ1v) is 4.92. The second-order valence-corrected chi connectivity index (χ2v) is 4.64. The Morgan fingerprint density at radius 1 is 1.25 bits per heavy atom. The summed E-state index contributed by atoms with van der Waals surface area (Å²) in [5.41, 5.74) is 1.66. The minimum atomic E-state index is 0.381. The molecule has 0 N–H and O–H groups in total. The Bertz CT molecular complexity index is 114. The first-order valence-electron chi connectivity index (χ1n) is 4.92. The van der Waals surface area contributed by atoms with Crippen LogP contribution in [0.3, 0.4) is 0 Å². The van der Waals surface area contributed by atoms with E-state index in [0.29, 0.717) is 11.3 Å². The zero-order valence-electron chi connectivity index (χ0n) is 9.99. The van der Waals surface area contributed by atoms with E-state index >= 15 is 0 Å². The van der Waals surface area contributed by atoms with Gasteiger partial charge in [0.1, 0.15) is 0 Å². The van der Waals surface area contributed by atoms with Crippen LogP contribution in [0, 0.1) is 11.3 Å². The molecule has 0 nitrogen and oxygen atoms in total. The predicted molar refractivity (Wildman–Crippen MR) is 59.4 cm³/mol. The fourth-order valence-electron chi connectivity index (χ4n) is 0.739. The monoisotopic (exact) mass is 170 g/mol. The van der Waals surface area contributed by atoms with E-state index in [2.05, 4.69) is 55.0 Å². The Hall–Kier alpha value is -0.260. The number of hydrogen-bond acceptors (Lipinski definition) is 0. The highest BCUT2D eigenvalue weighted by atomic mass is 14.2. The van der Waals surface area contributed by atoms with Crippen LogP contribution in [0.15, 0.2) is 12.2 Å². The van der Waals surface area contributed by atoms with Crippen LogP contribution in [0.25, 0.3) is 0 Å². The summed E-state index contributed by atoms with van der Waals surface area (Å²) in [4.78, 5) is 0. The third kappa shape index (κ3) is 7.84. The third-order valence-electron chi connectivity index (χ3n) is 2.04. The molecule has 1 unspecified atom stereocenters. The summed E-state index contributed by atoms with van der Waals surface area (Å²) in [5.74, 6) is 0.623. The maximum absolute atomic E-state index is 3.92. The second kappa shape index (κ2) is 6.28. The number of hydrogen-bond donors (Lipinski definition) is 0. The Kier molecular flexibility index (Phi) is 7.47. The van der Waals surface area contributed by atoms with Crippen molar-refractivity contribution < 1.29 is 0 Å². The highest BCUT2D eigenvalue weighted by molar-refractivity contribution is 4.98. The van der Waals surface area contributed by atoms with Crippen molar-refractivity contribution in [3.63, 3.8) is 0 Å². The van der Waals surface area contributed by atoms with Crippen LogP contribution in [0.2, 0.25) is 0 Å². The molecule has 0 heteroatoms. The molecule has 0 saturated carbocycles. The van der Waals surface area contributed by atoms with Gasteiger partial charge < -0.3 is 0 Å². The van der Waals surface area contributed by atoms with Gasteiger partial charge in [0.25, 0.3) is 0 Å². The van der Waals surface area contributed by atoms with Gasteiger partial charge in [0, 0.05) is 0 Å². The van der Waals surface area contributed by atoms with Gasteiger partial charge in [0.2, 0.25) is 0 Å². The third-order valence-corrected chi connectivity index (χ3v) is 2.04. The van der Waals surface area contributed by atoms with E-state index < -0.39 is 0 Å². The van der Waals surface area contributed by atoms with E-state index in [9.17, 15) is 0 Å². The average Bonchev–Trinajstić information content (AvgIpc) is 1.85. The largest absolute Gasteiger partial charge is 0.0999 e. The molecular weight excluding hydrogens is 144 g/mol. The smallest absolute Gasteiger partial charge is 0.0188 e. The van der Waals surface area contributed by atoms with E-state index in [1.807, 2.05) is 0 Å². The van der Waals surface area contributed by atoms with E-state index in [0.717, 1.165) is 0 Å². The number of allylic oxidation sites excluding steroid dienone is 1.